The van der Waals surface area contributed by atoms with Gasteiger partial charge < -0.3 is 5.32 Å². The fourth-order valence-corrected chi connectivity index (χ4v) is 1.94. The van der Waals surface area contributed by atoms with Gasteiger partial charge in [0.15, 0.2) is 0 Å². The first kappa shape index (κ1) is 5.92. The molecule has 1 aromatic rings. The van der Waals surface area contributed by atoms with Gasteiger partial charge in [0.05, 0.1) is 5.00 Å². The lowest BCUT2D eigenvalue weighted by Gasteiger charge is -2.10. The number of anilines is 1. The Hall–Kier alpha value is -0.830. The van der Waals surface area contributed by atoms with E-state index in [0.29, 0.717) is 6.42 Å². The number of amides is 1. The molecule has 0 aromatic carbocycles. The van der Waals surface area contributed by atoms with E-state index in [1.165, 1.54) is 5.56 Å². The maximum atomic E-state index is 10.8. The van der Waals surface area contributed by atoms with Crippen molar-refractivity contribution in [1.29, 1.82) is 0 Å². The van der Waals surface area contributed by atoms with Gasteiger partial charge in [0, 0.05) is 6.42 Å². The number of thiophene rings is 1. The normalized spacial score (nSPS) is 16.2. The zero-order chi connectivity index (χ0) is 6.97. The molecule has 0 saturated carbocycles. The Bertz CT molecular complexity index is 266. The van der Waals surface area contributed by atoms with Crippen LogP contribution in [0.2, 0.25) is 0 Å². The summed E-state index contributed by atoms with van der Waals surface area (Å²) in [7, 11) is 0. The van der Waals surface area contributed by atoms with Crippen molar-refractivity contribution >= 4 is 22.2 Å². The summed E-state index contributed by atoms with van der Waals surface area (Å²) in [5.41, 5.74) is 1.28. The molecule has 1 aromatic heterocycles. The Kier molecular flexibility index (Phi) is 1.24. The van der Waals surface area contributed by atoms with Crippen molar-refractivity contribution in [3.63, 3.8) is 0 Å². The minimum atomic E-state index is 0.148. The molecule has 52 valence electrons. The molecule has 0 radical (unpaired) electrons. The first-order chi connectivity index (χ1) is 4.86. The summed E-state index contributed by atoms with van der Waals surface area (Å²) in [6, 6.07) is 2.07. The topological polar surface area (TPSA) is 29.1 Å². The van der Waals surface area contributed by atoms with Crippen molar-refractivity contribution in [2.45, 2.75) is 12.8 Å². The predicted octanol–water partition coefficient (Wildman–Crippen LogP) is 1.63. The fraction of sp³-hybridized carbons (Fsp3) is 0.286. The molecule has 0 fully saturated rings. The molecular formula is C7H7NOS. The molecule has 10 heavy (non-hydrogen) atoms. The number of carbonyl (C=O) groups is 1. The van der Waals surface area contributed by atoms with E-state index in [4.69, 9.17) is 0 Å². The van der Waals surface area contributed by atoms with Gasteiger partial charge in [-0.25, -0.2) is 0 Å². The number of hydrogen-bond acceptors (Lipinski definition) is 2. The first-order valence-electron chi connectivity index (χ1n) is 3.22. The SMILES string of the molecule is O=C1CCc2ccsc2N1. The minimum absolute atomic E-state index is 0.148. The van der Waals surface area contributed by atoms with Crippen LogP contribution in [0.25, 0.3) is 0 Å². The number of carbonyl (C=O) groups excluding carboxylic acids is 1. The van der Waals surface area contributed by atoms with Gasteiger partial charge in [-0.3, -0.25) is 4.79 Å². The molecule has 2 nitrogen and oxygen atoms in total. The predicted molar refractivity (Wildman–Crippen MR) is 41.3 cm³/mol. The second-order valence-electron chi connectivity index (χ2n) is 2.32. The Morgan fingerprint density at radius 2 is 2.40 bits per heavy atom. The van der Waals surface area contributed by atoms with E-state index >= 15 is 0 Å². The molecule has 0 unspecified atom stereocenters. The van der Waals surface area contributed by atoms with Crippen molar-refractivity contribution < 1.29 is 4.79 Å². The molecule has 1 N–H and O–H groups in total. The Balaban J connectivity index is 2.39. The van der Waals surface area contributed by atoms with E-state index in [0.717, 1.165) is 11.4 Å². The minimum Gasteiger partial charge on any atom is -0.317 e. The molecule has 0 aliphatic carbocycles. The summed E-state index contributed by atoms with van der Waals surface area (Å²) >= 11 is 1.60. The van der Waals surface area contributed by atoms with E-state index in [-0.39, 0.29) is 5.91 Å². The van der Waals surface area contributed by atoms with Gasteiger partial charge in [-0.15, -0.1) is 11.3 Å². The molecule has 0 spiro atoms. The summed E-state index contributed by atoms with van der Waals surface area (Å²) in [4.78, 5) is 10.8. The molecule has 3 heteroatoms. The number of aryl methyl sites for hydroxylation is 1. The molecule has 0 atom stereocenters. The maximum absolute atomic E-state index is 10.8. The van der Waals surface area contributed by atoms with Crippen LogP contribution in [0, 0.1) is 0 Å². The molecule has 2 heterocycles. The van der Waals surface area contributed by atoms with Gasteiger partial charge in [-0.1, -0.05) is 0 Å². The quantitative estimate of drug-likeness (QED) is 0.603. The summed E-state index contributed by atoms with van der Waals surface area (Å²) in [6.07, 6.45) is 1.55. The lowest BCUT2D eigenvalue weighted by atomic mass is 10.1. The molecule has 0 bridgehead atoms. The Morgan fingerprint density at radius 1 is 1.50 bits per heavy atom. The van der Waals surface area contributed by atoms with Crippen LogP contribution >= 0.6 is 11.3 Å². The van der Waals surface area contributed by atoms with Crippen molar-refractivity contribution in [3.05, 3.63) is 17.0 Å². The van der Waals surface area contributed by atoms with E-state index in [1.807, 2.05) is 5.38 Å². The number of fused-ring (bicyclic) bond motifs is 1. The molecule has 1 amide bonds. The second kappa shape index (κ2) is 2.09. The monoisotopic (exact) mass is 153 g/mol. The standard InChI is InChI=1S/C7H7NOS/c9-6-2-1-5-3-4-10-7(5)8-6/h3-4H,1-2H2,(H,8,9). The maximum Gasteiger partial charge on any atom is 0.225 e. The molecule has 2 rings (SSSR count). The Morgan fingerprint density at radius 3 is 3.30 bits per heavy atom. The van der Waals surface area contributed by atoms with Gasteiger partial charge in [-0.2, -0.15) is 0 Å². The smallest absolute Gasteiger partial charge is 0.225 e. The van der Waals surface area contributed by atoms with Crippen LogP contribution in [0.15, 0.2) is 11.4 Å². The van der Waals surface area contributed by atoms with Gasteiger partial charge in [0.1, 0.15) is 0 Å². The first-order valence-corrected chi connectivity index (χ1v) is 4.10. The Labute approximate surface area is 62.9 Å². The van der Waals surface area contributed by atoms with Crippen LogP contribution in [-0.2, 0) is 11.2 Å². The second-order valence-corrected chi connectivity index (χ2v) is 3.24. The van der Waals surface area contributed by atoms with Crippen molar-refractivity contribution in [2.24, 2.45) is 0 Å². The van der Waals surface area contributed by atoms with Gasteiger partial charge >= 0.3 is 0 Å². The summed E-state index contributed by atoms with van der Waals surface area (Å²) in [6.45, 7) is 0. The van der Waals surface area contributed by atoms with Crippen LogP contribution < -0.4 is 5.32 Å². The zero-order valence-corrected chi connectivity index (χ0v) is 6.20. The summed E-state index contributed by atoms with van der Waals surface area (Å²) < 4.78 is 0. The van der Waals surface area contributed by atoms with Crippen LogP contribution in [0.5, 0.6) is 0 Å². The molecular weight excluding hydrogens is 146 g/mol. The molecule has 1 aliphatic heterocycles. The van der Waals surface area contributed by atoms with E-state index < -0.39 is 0 Å². The van der Waals surface area contributed by atoms with E-state index in [9.17, 15) is 4.79 Å². The van der Waals surface area contributed by atoms with E-state index in [2.05, 4.69) is 11.4 Å². The van der Waals surface area contributed by atoms with Crippen molar-refractivity contribution in [1.82, 2.24) is 0 Å². The third-order valence-corrected chi connectivity index (χ3v) is 2.49. The van der Waals surface area contributed by atoms with Gasteiger partial charge in [-0.05, 0) is 23.4 Å². The zero-order valence-electron chi connectivity index (χ0n) is 5.39. The van der Waals surface area contributed by atoms with Gasteiger partial charge in [0.2, 0.25) is 5.91 Å². The largest absolute Gasteiger partial charge is 0.317 e. The van der Waals surface area contributed by atoms with Crippen LogP contribution in [0.4, 0.5) is 5.00 Å². The average molecular weight is 153 g/mol. The summed E-state index contributed by atoms with van der Waals surface area (Å²) in [5.74, 6) is 0.148. The summed E-state index contributed by atoms with van der Waals surface area (Å²) in [5, 5.41) is 5.87. The third-order valence-electron chi connectivity index (χ3n) is 1.62. The highest BCUT2D eigenvalue weighted by molar-refractivity contribution is 7.14. The highest BCUT2D eigenvalue weighted by Gasteiger charge is 2.14. The van der Waals surface area contributed by atoms with Gasteiger partial charge in [0.25, 0.3) is 0 Å². The molecule has 0 saturated heterocycles. The highest BCUT2D eigenvalue weighted by Crippen LogP contribution is 2.27. The molecule has 1 aliphatic rings. The van der Waals surface area contributed by atoms with Crippen LogP contribution in [0.1, 0.15) is 12.0 Å². The number of hydrogen-bond donors (Lipinski definition) is 1. The third kappa shape index (κ3) is 0.827. The van der Waals surface area contributed by atoms with Crippen LogP contribution in [-0.4, -0.2) is 5.91 Å². The number of rotatable bonds is 0. The van der Waals surface area contributed by atoms with Crippen LogP contribution in [0.3, 0.4) is 0 Å². The average Bonchev–Trinajstić information content (AvgIpc) is 2.33. The van der Waals surface area contributed by atoms with Crippen molar-refractivity contribution in [2.75, 3.05) is 5.32 Å². The lowest BCUT2D eigenvalue weighted by Crippen LogP contribution is -2.16. The highest BCUT2D eigenvalue weighted by atomic mass is 32.1. The fourth-order valence-electron chi connectivity index (χ4n) is 1.08. The lowest BCUT2D eigenvalue weighted by molar-refractivity contribution is -0.116. The van der Waals surface area contributed by atoms with Crippen molar-refractivity contribution in [3.8, 4) is 0 Å². The van der Waals surface area contributed by atoms with E-state index in [1.54, 1.807) is 11.3 Å². The number of nitrogens with one attached hydrogen (secondary N) is 1.